The molecule has 0 saturated carbocycles. The molecule has 0 spiro atoms. The second kappa shape index (κ2) is 10.4. The van der Waals surface area contributed by atoms with Gasteiger partial charge in [-0.3, -0.25) is 14.5 Å². The van der Waals surface area contributed by atoms with Crippen LogP contribution in [0.15, 0.2) is 24.3 Å². The van der Waals surface area contributed by atoms with Crippen LogP contribution in [0.5, 0.6) is 0 Å². The van der Waals surface area contributed by atoms with Crippen molar-refractivity contribution in [3.05, 3.63) is 45.4 Å². The SMILES string of the molecule is CCCCCCCCCCCCN1C(=O)c2ccc(Cl)c3c(Cl)ccc(c23)C1=O. The average molecular weight is 434 g/mol. The zero-order valence-electron chi connectivity index (χ0n) is 17.1. The summed E-state index contributed by atoms with van der Waals surface area (Å²) in [5.74, 6) is -0.496. The lowest BCUT2D eigenvalue weighted by Gasteiger charge is -2.27. The normalized spacial score (nSPS) is 13.6. The lowest BCUT2D eigenvalue weighted by molar-refractivity contribution is 0.0608. The number of nitrogens with zero attached hydrogens (tertiary/aromatic N) is 1. The van der Waals surface area contributed by atoms with Crippen LogP contribution in [0.25, 0.3) is 10.8 Å². The van der Waals surface area contributed by atoms with Crippen molar-refractivity contribution >= 4 is 45.8 Å². The van der Waals surface area contributed by atoms with Gasteiger partial charge in [0.15, 0.2) is 0 Å². The highest BCUT2D eigenvalue weighted by Crippen LogP contribution is 2.38. The molecule has 0 saturated heterocycles. The number of hydrogen-bond acceptors (Lipinski definition) is 2. The van der Waals surface area contributed by atoms with Crippen LogP contribution < -0.4 is 0 Å². The summed E-state index contributed by atoms with van der Waals surface area (Å²) in [6.07, 6.45) is 12.2. The molecule has 1 heterocycles. The van der Waals surface area contributed by atoms with E-state index in [1.807, 2.05) is 0 Å². The lowest BCUT2D eigenvalue weighted by atomic mass is 9.93. The molecule has 1 aliphatic heterocycles. The average Bonchev–Trinajstić information content (AvgIpc) is 2.71. The van der Waals surface area contributed by atoms with E-state index in [-0.39, 0.29) is 11.8 Å². The number of rotatable bonds is 11. The molecule has 0 bridgehead atoms. The predicted octanol–water partition coefficient (Wildman–Crippen LogP) is 7.66. The third-order valence-electron chi connectivity index (χ3n) is 5.75. The van der Waals surface area contributed by atoms with Crippen LogP contribution >= 0.6 is 23.2 Å². The molecule has 0 aliphatic carbocycles. The molecular weight excluding hydrogens is 405 g/mol. The number of carbonyl (C=O) groups is 2. The van der Waals surface area contributed by atoms with Gasteiger partial charge in [0.1, 0.15) is 0 Å². The van der Waals surface area contributed by atoms with Crippen molar-refractivity contribution in [1.29, 1.82) is 0 Å². The molecular formula is C24H29Cl2NO2. The van der Waals surface area contributed by atoms with Crippen molar-refractivity contribution in [1.82, 2.24) is 4.90 Å². The molecule has 2 aromatic carbocycles. The molecule has 1 aliphatic rings. The number of halogens is 2. The van der Waals surface area contributed by atoms with Crippen molar-refractivity contribution in [3.8, 4) is 0 Å². The Morgan fingerprint density at radius 3 is 1.59 bits per heavy atom. The Morgan fingerprint density at radius 1 is 0.655 bits per heavy atom. The highest BCUT2D eigenvalue weighted by atomic mass is 35.5. The molecule has 29 heavy (non-hydrogen) atoms. The molecule has 0 fully saturated rings. The summed E-state index contributed by atoms with van der Waals surface area (Å²) in [4.78, 5) is 27.3. The van der Waals surface area contributed by atoms with Gasteiger partial charge < -0.3 is 0 Å². The quantitative estimate of drug-likeness (QED) is 0.269. The first kappa shape index (κ1) is 22.1. The Balaban J connectivity index is 1.55. The van der Waals surface area contributed by atoms with Gasteiger partial charge in [-0.1, -0.05) is 87.9 Å². The molecule has 5 heteroatoms. The van der Waals surface area contributed by atoms with E-state index < -0.39 is 0 Å². The molecule has 0 aromatic heterocycles. The molecule has 2 amide bonds. The maximum Gasteiger partial charge on any atom is 0.261 e. The molecule has 3 rings (SSSR count). The molecule has 0 atom stereocenters. The fourth-order valence-corrected chi connectivity index (χ4v) is 4.68. The second-order valence-corrected chi connectivity index (χ2v) is 8.70. The minimum Gasteiger partial charge on any atom is -0.274 e. The maximum atomic E-state index is 12.9. The Morgan fingerprint density at radius 2 is 1.10 bits per heavy atom. The van der Waals surface area contributed by atoms with E-state index in [4.69, 9.17) is 23.2 Å². The van der Waals surface area contributed by atoms with Gasteiger partial charge in [0.25, 0.3) is 11.8 Å². The van der Waals surface area contributed by atoms with Crippen LogP contribution in [0, 0.1) is 0 Å². The second-order valence-electron chi connectivity index (χ2n) is 7.88. The monoisotopic (exact) mass is 433 g/mol. The summed E-state index contributed by atoms with van der Waals surface area (Å²) in [7, 11) is 0. The predicted molar refractivity (Wildman–Crippen MR) is 121 cm³/mol. The maximum absolute atomic E-state index is 12.9. The van der Waals surface area contributed by atoms with E-state index in [1.54, 1.807) is 24.3 Å². The van der Waals surface area contributed by atoms with E-state index in [2.05, 4.69) is 6.92 Å². The van der Waals surface area contributed by atoms with Gasteiger partial charge in [0, 0.05) is 38.5 Å². The molecule has 0 unspecified atom stereocenters. The molecule has 0 N–H and O–H groups in total. The van der Waals surface area contributed by atoms with E-state index >= 15 is 0 Å². The third-order valence-corrected chi connectivity index (χ3v) is 6.38. The summed E-state index contributed by atoms with van der Waals surface area (Å²) in [6, 6.07) is 6.76. The van der Waals surface area contributed by atoms with Gasteiger partial charge in [-0.15, -0.1) is 0 Å². The first-order valence-corrected chi connectivity index (χ1v) is 11.6. The third kappa shape index (κ3) is 4.95. The zero-order valence-corrected chi connectivity index (χ0v) is 18.6. The number of amides is 2. The summed E-state index contributed by atoms with van der Waals surface area (Å²) in [6.45, 7) is 2.70. The van der Waals surface area contributed by atoms with Crippen LogP contribution in [0.4, 0.5) is 0 Å². The Kier molecular flexibility index (Phi) is 7.97. The van der Waals surface area contributed by atoms with Crippen molar-refractivity contribution in [2.75, 3.05) is 6.54 Å². The van der Waals surface area contributed by atoms with Gasteiger partial charge >= 0.3 is 0 Å². The van der Waals surface area contributed by atoms with Crippen molar-refractivity contribution < 1.29 is 9.59 Å². The molecule has 0 radical (unpaired) electrons. The number of hydrogen-bond donors (Lipinski definition) is 0. The Labute approximate surface area is 183 Å². The summed E-state index contributed by atoms with van der Waals surface area (Å²) >= 11 is 12.6. The Bertz CT molecular complexity index is 837. The fourth-order valence-electron chi connectivity index (χ4n) is 4.11. The van der Waals surface area contributed by atoms with Crippen LogP contribution in [-0.4, -0.2) is 23.3 Å². The van der Waals surface area contributed by atoms with E-state index in [9.17, 15) is 9.59 Å². The highest BCUT2D eigenvalue weighted by molar-refractivity contribution is 6.44. The van der Waals surface area contributed by atoms with Crippen molar-refractivity contribution in [2.24, 2.45) is 0 Å². The van der Waals surface area contributed by atoms with Gasteiger partial charge in [0.2, 0.25) is 0 Å². The minimum atomic E-state index is -0.248. The van der Waals surface area contributed by atoms with Crippen molar-refractivity contribution in [2.45, 2.75) is 71.1 Å². The largest absolute Gasteiger partial charge is 0.274 e. The standard InChI is InChI=1S/C24H29Cl2NO2/c1-2-3-4-5-6-7-8-9-10-11-16-27-23(28)17-12-14-19(25)22-20(26)15-13-18(21(17)22)24(27)29/h12-15H,2-11,16H2,1H3. The van der Waals surface area contributed by atoms with Crippen LogP contribution in [-0.2, 0) is 0 Å². The van der Waals surface area contributed by atoms with Crippen LogP contribution in [0.1, 0.15) is 91.8 Å². The molecule has 3 nitrogen and oxygen atoms in total. The van der Waals surface area contributed by atoms with E-state index in [0.717, 1.165) is 19.3 Å². The Hall–Kier alpha value is -1.58. The number of benzene rings is 2. The highest BCUT2D eigenvalue weighted by Gasteiger charge is 2.33. The number of imide groups is 1. The smallest absolute Gasteiger partial charge is 0.261 e. The minimum absolute atomic E-state index is 0.248. The van der Waals surface area contributed by atoms with Gasteiger partial charge in [-0.2, -0.15) is 0 Å². The first-order chi connectivity index (χ1) is 14.1. The lowest BCUT2D eigenvalue weighted by Crippen LogP contribution is -2.40. The van der Waals surface area contributed by atoms with Gasteiger partial charge in [-0.05, 0) is 30.7 Å². The number of unbranched alkanes of at least 4 members (excludes halogenated alkanes) is 9. The van der Waals surface area contributed by atoms with E-state index in [1.165, 1.54) is 49.8 Å². The van der Waals surface area contributed by atoms with E-state index in [0.29, 0.717) is 38.5 Å². The van der Waals surface area contributed by atoms with Crippen LogP contribution in [0.3, 0.4) is 0 Å². The summed E-state index contributed by atoms with van der Waals surface area (Å²) in [5.41, 5.74) is 1.02. The summed E-state index contributed by atoms with van der Waals surface area (Å²) in [5, 5.41) is 2.08. The zero-order chi connectivity index (χ0) is 20.8. The topological polar surface area (TPSA) is 37.4 Å². The fraction of sp³-hybridized carbons (Fsp3) is 0.500. The molecule has 156 valence electrons. The van der Waals surface area contributed by atoms with Gasteiger partial charge in [0.05, 0.1) is 0 Å². The number of carbonyl (C=O) groups excluding carboxylic acids is 2. The van der Waals surface area contributed by atoms with Gasteiger partial charge in [-0.25, -0.2) is 0 Å². The molecule has 2 aromatic rings. The first-order valence-electron chi connectivity index (χ1n) is 10.8. The summed E-state index contributed by atoms with van der Waals surface area (Å²) < 4.78 is 0. The van der Waals surface area contributed by atoms with Crippen molar-refractivity contribution in [3.63, 3.8) is 0 Å². The van der Waals surface area contributed by atoms with Crippen LogP contribution in [0.2, 0.25) is 10.0 Å².